The lowest BCUT2D eigenvalue weighted by Crippen LogP contribution is -2.16. The fourth-order valence-electron chi connectivity index (χ4n) is 2.71. The Morgan fingerprint density at radius 1 is 1.17 bits per heavy atom. The number of alkyl halides is 3. The van der Waals surface area contributed by atoms with Crippen molar-refractivity contribution >= 4 is 17.5 Å². The van der Waals surface area contributed by atoms with E-state index in [1.54, 1.807) is 6.07 Å². The Morgan fingerprint density at radius 2 is 1.92 bits per heavy atom. The molecule has 6 heteroatoms. The van der Waals surface area contributed by atoms with Gasteiger partial charge in [0.25, 0.3) is 0 Å². The van der Waals surface area contributed by atoms with Crippen molar-refractivity contribution in [2.75, 3.05) is 18.0 Å². The molecule has 2 aromatic rings. The zero-order valence-corrected chi connectivity index (χ0v) is 12.8. The number of hydrogen-bond acceptors (Lipinski definition) is 3. The standard InChI is InChI=1S/C18H15F3N2O/c19-18(20,21)15-5-3-4-13(10-15)14(12-22)11-16-6-7-17(24-16)23-8-1-2-9-23/h3-7,10-11H,1-2,8-9H2/b14-11-. The Hall–Kier alpha value is -2.68. The molecule has 0 amide bonds. The van der Waals surface area contributed by atoms with Crippen molar-refractivity contribution in [3.05, 3.63) is 53.3 Å². The van der Waals surface area contributed by atoms with E-state index >= 15 is 0 Å². The van der Waals surface area contributed by atoms with Gasteiger partial charge in [-0.15, -0.1) is 0 Å². The number of anilines is 1. The third-order valence-electron chi connectivity index (χ3n) is 3.94. The first kappa shape index (κ1) is 16.2. The van der Waals surface area contributed by atoms with Gasteiger partial charge in [-0.2, -0.15) is 18.4 Å². The fourth-order valence-corrected chi connectivity index (χ4v) is 2.71. The van der Waals surface area contributed by atoms with Gasteiger partial charge in [-0.05, 0) is 42.7 Å². The smallest absolute Gasteiger partial charge is 0.416 e. The molecule has 124 valence electrons. The molecular weight excluding hydrogens is 317 g/mol. The van der Waals surface area contributed by atoms with Crippen LogP contribution >= 0.6 is 0 Å². The molecule has 0 radical (unpaired) electrons. The summed E-state index contributed by atoms with van der Waals surface area (Å²) in [5.74, 6) is 1.17. The maximum Gasteiger partial charge on any atom is 0.416 e. The Kier molecular flexibility index (Phi) is 4.34. The van der Waals surface area contributed by atoms with Gasteiger partial charge in [0.15, 0.2) is 5.88 Å². The average molecular weight is 332 g/mol. The van der Waals surface area contributed by atoms with Crippen molar-refractivity contribution in [1.29, 1.82) is 5.26 Å². The number of hydrogen-bond donors (Lipinski definition) is 0. The van der Waals surface area contributed by atoms with Crippen LogP contribution in [0.4, 0.5) is 19.1 Å². The van der Waals surface area contributed by atoms with Gasteiger partial charge in [-0.1, -0.05) is 12.1 Å². The van der Waals surface area contributed by atoms with Gasteiger partial charge in [0.05, 0.1) is 17.2 Å². The summed E-state index contributed by atoms with van der Waals surface area (Å²) in [5.41, 5.74) is -0.437. The monoisotopic (exact) mass is 332 g/mol. The van der Waals surface area contributed by atoms with E-state index in [2.05, 4.69) is 4.90 Å². The van der Waals surface area contributed by atoms with Crippen molar-refractivity contribution in [3.63, 3.8) is 0 Å². The van der Waals surface area contributed by atoms with Gasteiger partial charge in [-0.25, -0.2) is 0 Å². The molecule has 1 aliphatic rings. The van der Waals surface area contributed by atoms with E-state index in [0.717, 1.165) is 43.9 Å². The molecule has 0 N–H and O–H groups in total. The molecule has 1 aliphatic heterocycles. The summed E-state index contributed by atoms with van der Waals surface area (Å²) in [4.78, 5) is 2.10. The highest BCUT2D eigenvalue weighted by atomic mass is 19.4. The molecule has 0 spiro atoms. The molecule has 0 saturated carbocycles. The lowest BCUT2D eigenvalue weighted by atomic mass is 10.0. The summed E-state index contributed by atoms with van der Waals surface area (Å²) < 4.78 is 44.1. The molecule has 24 heavy (non-hydrogen) atoms. The first-order chi connectivity index (χ1) is 11.5. The summed E-state index contributed by atoms with van der Waals surface area (Å²) >= 11 is 0. The average Bonchev–Trinajstić information content (AvgIpc) is 3.23. The van der Waals surface area contributed by atoms with Crippen LogP contribution in [0.3, 0.4) is 0 Å². The minimum absolute atomic E-state index is 0.128. The summed E-state index contributed by atoms with van der Waals surface area (Å²) in [5, 5.41) is 9.30. The maximum absolute atomic E-state index is 12.8. The zero-order valence-electron chi connectivity index (χ0n) is 12.8. The van der Waals surface area contributed by atoms with Crippen LogP contribution in [-0.4, -0.2) is 13.1 Å². The molecule has 1 saturated heterocycles. The van der Waals surface area contributed by atoms with Gasteiger partial charge in [-0.3, -0.25) is 0 Å². The molecule has 3 nitrogen and oxygen atoms in total. The van der Waals surface area contributed by atoms with E-state index in [-0.39, 0.29) is 11.1 Å². The number of rotatable bonds is 3. The van der Waals surface area contributed by atoms with Crippen molar-refractivity contribution in [1.82, 2.24) is 0 Å². The number of halogens is 3. The van der Waals surface area contributed by atoms with Crippen molar-refractivity contribution < 1.29 is 17.6 Å². The first-order valence-corrected chi connectivity index (χ1v) is 7.61. The van der Waals surface area contributed by atoms with Gasteiger partial charge < -0.3 is 9.32 Å². The minimum atomic E-state index is -4.44. The largest absolute Gasteiger partial charge is 0.441 e. The van der Waals surface area contributed by atoms with Crippen LogP contribution in [0.5, 0.6) is 0 Å². The summed E-state index contributed by atoms with van der Waals surface area (Å²) in [7, 11) is 0. The molecule has 0 unspecified atom stereocenters. The second-order valence-corrected chi connectivity index (χ2v) is 5.62. The van der Waals surface area contributed by atoms with Gasteiger partial charge in [0.1, 0.15) is 5.76 Å². The van der Waals surface area contributed by atoms with Gasteiger partial charge >= 0.3 is 6.18 Å². The van der Waals surface area contributed by atoms with Crippen molar-refractivity contribution in [2.45, 2.75) is 19.0 Å². The Labute approximate surface area is 137 Å². The molecule has 3 rings (SSSR count). The van der Waals surface area contributed by atoms with Crippen molar-refractivity contribution in [3.8, 4) is 6.07 Å². The van der Waals surface area contributed by atoms with E-state index in [4.69, 9.17) is 4.42 Å². The molecule has 1 aromatic carbocycles. The molecule has 1 aromatic heterocycles. The minimum Gasteiger partial charge on any atom is -0.441 e. The van der Waals surface area contributed by atoms with E-state index in [1.807, 2.05) is 12.1 Å². The van der Waals surface area contributed by atoms with Crippen LogP contribution in [0, 0.1) is 11.3 Å². The number of nitrogens with zero attached hydrogens (tertiary/aromatic N) is 2. The molecule has 2 heterocycles. The summed E-state index contributed by atoms with van der Waals surface area (Å²) in [6, 6.07) is 10.2. The summed E-state index contributed by atoms with van der Waals surface area (Å²) in [6.07, 6.45) is -0.752. The molecule has 0 aliphatic carbocycles. The highest BCUT2D eigenvalue weighted by molar-refractivity contribution is 5.89. The predicted octanol–water partition coefficient (Wildman–Crippen LogP) is 4.96. The highest BCUT2D eigenvalue weighted by Crippen LogP contribution is 2.32. The zero-order chi connectivity index (χ0) is 17.2. The van der Waals surface area contributed by atoms with E-state index < -0.39 is 11.7 Å². The third kappa shape index (κ3) is 3.46. The molecule has 0 bridgehead atoms. The van der Waals surface area contributed by atoms with E-state index in [9.17, 15) is 18.4 Å². The number of furan rings is 1. The Balaban J connectivity index is 1.89. The fraction of sp³-hybridized carbons (Fsp3) is 0.278. The van der Waals surface area contributed by atoms with E-state index in [0.29, 0.717) is 5.76 Å². The molecular formula is C18H15F3N2O. The number of allylic oxidation sites excluding steroid dienone is 1. The summed E-state index contributed by atoms with van der Waals surface area (Å²) in [6.45, 7) is 1.85. The van der Waals surface area contributed by atoms with Crippen LogP contribution in [-0.2, 0) is 6.18 Å². The maximum atomic E-state index is 12.8. The van der Waals surface area contributed by atoms with E-state index in [1.165, 1.54) is 18.2 Å². The lowest BCUT2D eigenvalue weighted by molar-refractivity contribution is -0.137. The first-order valence-electron chi connectivity index (χ1n) is 7.61. The topological polar surface area (TPSA) is 40.2 Å². The Morgan fingerprint density at radius 3 is 2.58 bits per heavy atom. The normalized spacial score (nSPS) is 15.6. The number of nitriles is 1. The van der Waals surface area contributed by atoms with Crippen LogP contribution < -0.4 is 4.90 Å². The SMILES string of the molecule is N#C/C(=C/c1ccc(N2CCCC2)o1)c1cccc(C(F)(F)F)c1. The second kappa shape index (κ2) is 6.44. The second-order valence-electron chi connectivity index (χ2n) is 5.62. The number of benzene rings is 1. The highest BCUT2D eigenvalue weighted by Gasteiger charge is 2.30. The predicted molar refractivity (Wildman–Crippen MR) is 85.1 cm³/mol. The van der Waals surface area contributed by atoms with Crippen LogP contribution in [0.15, 0.2) is 40.8 Å². The van der Waals surface area contributed by atoms with Crippen LogP contribution in [0.25, 0.3) is 11.6 Å². The lowest BCUT2D eigenvalue weighted by Gasteiger charge is -2.12. The van der Waals surface area contributed by atoms with Gasteiger partial charge in [0, 0.05) is 19.2 Å². The van der Waals surface area contributed by atoms with Gasteiger partial charge in [0.2, 0.25) is 0 Å². The molecule has 1 fully saturated rings. The Bertz CT molecular complexity index is 793. The van der Waals surface area contributed by atoms with Crippen LogP contribution in [0.2, 0.25) is 0 Å². The molecule has 0 atom stereocenters. The quantitative estimate of drug-likeness (QED) is 0.746. The third-order valence-corrected chi connectivity index (χ3v) is 3.94. The van der Waals surface area contributed by atoms with Crippen molar-refractivity contribution in [2.24, 2.45) is 0 Å². The van der Waals surface area contributed by atoms with Crippen LogP contribution in [0.1, 0.15) is 29.7 Å².